The molecule has 92 valence electrons. The van der Waals surface area contributed by atoms with Gasteiger partial charge in [-0.3, -0.25) is 0 Å². The van der Waals surface area contributed by atoms with Crippen molar-refractivity contribution in [3.8, 4) is 16.8 Å². The van der Waals surface area contributed by atoms with Crippen molar-refractivity contribution >= 4 is 11.3 Å². The first kappa shape index (κ1) is 11.4. The summed E-state index contributed by atoms with van der Waals surface area (Å²) >= 11 is 1.42. The maximum Gasteiger partial charge on any atom is 0.269 e. The predicted octanol–water partition coefficient (Wildman–Crippen LogP) is 2.70. The SMILES string of the molecule is COC1(c2noc(-c3sccc3C#N)n2)CCC1. The van der Waals surface area contributed by atoms with Gasteiger partial charge in [0.15, 0.2) is 0 Å². The molecule has 2 aromatic rings. The van der Waals surface area contributed by atoms with E-state index in [9.17, 15) is 0 Å². The van der Waals surface area contributed by atoms with E-state index in [-0.39, 0.29) is 5.60 Å². The van der Waals surface area contributed by atoms with Crippen molar-refractivity contribution < 1.29 is 9.26 Å². The van der Waals surface area contributed by atoms with Gasteiger partial charge in [0, 0.05) is 7.11 Å². The summed E-state index contributed by atoms with van der Waals surface area (Å²) in [5, 5.41) is 14.8. The standard InChI is InChI=1S/C12H11N3O2S/c1-16-12(4-2-5-12)11-14-10(17-15-11)9-8(7-13)3-6-18-9/h3,6H,2,4-5H2,1H3. The Balaban J connectivity index is 1.97. The van der Waals surface area contributed by atoms with E-state index >= 15 is 0 Å². The van der Waals surface area contributed by atoms with Gasteiger partial charge >= 0.3 is 0 Å². The molecule has 0 N–H and O–H groups in total. The molecule has 2 heterocycles. The summed E-state index contributed by atoms with van der Waals surface area (Å²) in [6, 6.07) is 3.86. The van der Waals surface area contributed by atoms with E-state index in [2.05, 4.69) is 16.2 Å². The molecule has 6 heteroatoms. The van der Waals surface area contributed by atoms with Gasteiger partial charge in [0.1, 0.15) is 16.5 Å². The van der Waals surface area contributed by atoms with Gasteiger partial charge in [-0.1, -0.05) is 5.16 Å². The molecule has 0 bridgehead atoms. The van der Waals surface area contributed by atoms with Crippen molar-refractivity contribution in [2.45, 2.75) is 24.9 Å². The molecule has 0 aromatic carbocycles. The van der Waals surface area contributed by atoms with Crippen LogP contribution in [0.4, 0.5) is 0 Å². The molecular weight excluding hydrogens is 250 g/mol. The van der Waals surface area contributed by atoms with E-state index in [4.69, 9.17) is 14.5 Å². The number of aromatic nitrogens is 2. The summed E-state index contributed by atoms with van der Waals surface area (Å²) < 4.78 is 10.8. The van der Waals surface area contributed by atoms with Crippen LogP contribution in [0.25, 0.3) is 10.8 Å². The zero-order chi connectivity index (χ0) is 12.6. The molecule has 0 spiro atoms. The van der Waals surface area contributed by atoms with Crippen LogP contribution in [0.1, 0.15) is 30.7 Å². The summed E-state index contributed by atoms with van der Waals surface area (Å²) in [6.45, 7) is 0. The topological polar surface area (TPSA) is 71.9 Å². The van der Waals surface area contributed by atoms with Crippen molar-refractivity contribution in [1.29, 1.82) is 5.26 Å². The molecule has 2 aromatic heterocycles. The van der Waals surface area contributed by atoms with Crippen LogP contribution in [-0.4, -0.2) is 17.3 Å². The van der Waals surface area contributed by atoms with Gasteiger partial charge in [-0.2, -0.15) is 10.2 Å². The second-order valence-electron chi connectivity index (χ2n) is 4.25. The van der Waals surface area contributed by atoms with Crippen LogP contribution in [0, 0.1) is 11.3 Å². The highest BCUT2D eigenvalue weighted by atomic mass is 32.1. The number of hydrogen-bond acceptors (Lipinski definition) is 6. The highest BCUT2D eigenvalue weighted by Gasteiger charge is 2.43. The molecule has 1 saturated carbocycles. The minimum absolute atomic E-state index is 0.383. The fraction of sp³-hybridized carbons (Fsp3) is 0.417. The van der Waals surface area contributed by atoms with Gasteiger partial charge < -0.3 is 9.26 Å². The molecule has 0 atom stereocenters. The van der Waals surface area contributed by atoms with Crippen LogP contribution < -0.4 is 0 Å². The lowest BCUT2D eigenvalue weighted by Crippen LogP contribution is -2.37. The first-order valence-electron chi connectivity index (χ1n) is 5.66. The van der Waals surface area contributed by atoms with E-state index in [1.807, 2.05) is 5.38 Å². The van der Waals surface area contributed by atoms with Crippen molar-refractivity contribution in [2.75, 3.05) is 7.11 Å². The summed E-state index contributed by atoms with van der Waals surface area (Å²) in [5.41, 5.74) is 0.182. The van der Waals surface area contributed by atoms with E-state index < -0.39 is 0 Å². The number of methoxy groups -OCH3 is 1. The Morgan fingerprint density at radius 2 is 2.39 bits per heavy atom. The van der Waals surface area contributed by atoms with Gasteiger partial charge in [-0.05, 0) is 30.7 Å². The summed E-state index contributed by atoms with van der Waals surface area (Å²) in [5.74, 6) is 0.989. The number of nitriles is 1. The van der Waals surface area contributed by atoms with Crippen LogP contribution in [0.5, 0.6) is 0 Å². The largest absolute Gasteiger partial charge is 0.370 e. The van der Waals surface area contributed by atoms with Crippen molar-refractivity contribution in [3.63, 3.8) is 0 Å². The molecule has 1 aliphatic rings. The van der Waals surface area contributed by atoms with Crippen LogP contribution >= 0.6 is 11.3 Å². The molecule has 1 aliphatic carbocycles. The molecule has 18 heavy (non-hydrogen) atoms. The van der Waals surface area contributed by atoms with E-state index in [0.717, 1.165) is 24.1 Å². The zero-order valence-corrected chi connectivity index (χ0v) is 10.7. The van der Waals surface area contributed by atoms with E-state index in [1.54, 1.807) is 13.2 Å². The average Bonchev–Trinajstić information content (AvgIpc) is 2.95. The third-order valence-electron chi connectivity index (χ3n) is 3.37. The minimum Gasteiger partial charge on any atom is -0.370 e. The molecule has 0 aliphatic heterocycles. The summed E-state index contributed by atoms with van der Waals surface area (Å²) in [6.07, 6.45) is 2.94. The van der Waals surface area contributed by atoms with Crippen molar-refractivity contribution in [2.24, 2.45) is 0 Å². The minimum atomic E-state index is -0.383. The summed E-state index contributed by atoms with van der Waals surface area (Å²) in [4.78, 5) is 5.11. The number of hydrogen-bond donors (Lipinski definition) is 0. The van der Waals surface area contributed by atoms with Gasteiger partial charge in [-0.15, -0.1) is 11.3 Å². The lowest BCUT2D eigenvalue weighted by Gasteiger charge is -2.37. The van der Waals surface area contributed by atoms with Crippen LogP contribution in [0.2, 0.25) is 0 Å². The third-order valence-corrected chi connectivity index (χ3v) is 4.27. The molecule has 1 fully saturated rings. The van der Waals surface area contributed by atoms with Crippen LogP contribution in [0.3, 0.4) is 0 Å². The maximum absolute atomic E-state index is 8.98. The Hall–Kier alpha value is -1.71. The Bertz CT molecular complexity index is 601. The number of rotatable bonds is 3. The second-order valence-corrected chi connectivity index (χ2v) is 5.17. The van der Waals surface area contributed by atoms with Crippen molar-refractivity contribution in [1.82, 2.24) is 10.1 Å². The first-order valence-corrected chi connectivity index (χ1v) is 6.54. The Kier molecular flexibility index (Phi) is 2.65. The fourth-order valence-electron chi connectivity index (χ4n) is 2.08. The van der Waals surface area contributed by atoms with E-state index in [1.165, 1.54) is 11.3 Å². The predicted molar refractivity (Wildman–Crippen MR) is 64.9 cm³/mol. The molecule has 0 unspecified atom stereocenters. The lowest BCUT2D eigenvalue weighted by atomic mass is 9.79. The molecular formula is C12H11N3O2S. The zero-order valence-electron chi connectivity index (χ0n) is 9.84. The molecule has 0 saturated heterocycles. The number of nitrogens with zero attached hydrogens (tertiary/aromatic N) is 3. The summed E-state index contributed by atoms with van der Waals surface area (Å²) in [7, 11) is 1.67. The third kappa shape index (κ3) is 1.55. The molecule has 5 nitrogen and oxygen atoms in total. The maximum atomic E-state index is 8.98. The van der Waals surface area contributed by atoms with Crippen LogP contribution in [0.15, 0.2) is 16.0 Å². The average molecular weight is 261 g/mol. The molecule has 0 radical (unpaired) electrons. The van der Waals surface area contributed by atoms with Gasteiger partial charge in [-0.25, -0.2) is 0 Å². The monoisotopic (exact) mass is 261 g/mol. The molecule has 3 rings (SSSR count). The van der Waals surface area contributed by atoms with E-state index in [0.29, 0.717) is 17.3 Å². The Labute approximate surface area is 108 Å². The second kappa shape index (κ2) is 4.19. The van der Waals surface area contributed by atoms with Gasteiger partial charge in [0.2, 0.25) is 5.82 Å². The highest BCUT2D eigenvalue weighted by molar-refractivity contribution is 7.13. The smallest absolute Gasteiger partial charge is 0.269 e. The highest BCUT2D eigenvalue weighted by Crippen LogP contribution is 2.43. The lowest BCUT2D eigenvalue weighted by molar-refractivity contribution is -0.0858. The normalized spacial score (nSPS) is 17.1. The Morgan fingerprint density at radius 3 is 3.00 bits per heavy atom. The van der Waals surface area contributed by atoms with Gasteiger partial charge in [0.25, 0.3) is 5.89 Å². The number of ether oxygens (including phenoxy) is 1. The van der Waals surface area contributed by atoms with Crippen molar-refractivity contribution in [3.05, 3.63) is 22.8 Å². The Morgan fingerprint density at radius 1 is 1.56 bits per heavy atom. The fourth-order valence-corrected chi connectivity index (χ4v) is 2.85. The quantitative estimate of drug-likeness (QED) is 0.849. The molecule has 0 amide bonds. The first-order chi connectivity index (χ1) is 8.79. The number of thiophene rings is 1. The van der Waals surface area contributed by atoms with Gasteiger partial charge in [0.05, 0.1) is 5.56 Å². The van der Waals surface area contributed by atoms with Crippen LogP contribution in [-0.2, 0) is 10.3 Å².